The normalized spacial score (nSPS) is 17.7. The third kappa shape index (κ3) is 2.96. The molecular weight excluding hydrogens is 290 g/mol. The number of amides is 1. The molecule has 1 aromatic carbocycles. The molecule has 0 spiro atoms. The fourth-order valence-corrected chi connectivity index (χ4v) is 2.86. The lowest BCUT2D eigenvalue weighted by Gasteiger charge is -2.18. The number of carbonyl (C=O) groups excluding carboxylic acids is 1. The maximum Gasteiger partial charge on any atom is 0.245 e. The summed E-state index contributed by atoms with van der Waals surface area (Å²) in [6.45, 7) is 4.63. The molecule has 0 aliphatic carbocycles. The lowest BCUT2D eigenvalue weighted by atomic mass is 10.0. The molecule has 118 valence electrons. The summed E-state index contributed by atoms with van der Waals surface area (Å²) in [5, 5.41) is 19.4. The molecule has 1 aliphatic heterocycles. The zero-order chi connectivity index (χ0) is 16.4. The number of benzene rings is 1. The van der Waals surface area contributed by atoms with Crippen LogP contribution in [0.3, 0.4) is 0 Å². The number of carbonyl (C=O) groups is 1. The van der Waals surface area contributed by atoms with E-state index in [9.17, 15) is 10.1 Å². The fraction of sp³-hybridized carbons (Fsp3) is 0.353. The van der Waals surface area contributed by atoms with Crippen LogP contribution in [0.2, 0.25) is 0 Å². The first-order valence-electron chi connectivity index (χ1n) is 7.68. The molecule has 0 saturated carbocycles. The van der Waals surface area contributed by atoms with Gasteiger partial charge in [-0.25, -0.2) is 0 Å². The molecule has 1 atom stereocenters. The number of hydrogen-bond acceptors (Lipinski definition) is 4. The second-order valence-electron chi connectivity index (χ2n) is 6.14. The van der Waals surface area contributed by atoms with Crippen molar-refractivity contribution in [2.45, 2.75) is 26.3 Å². The van der Waals surface area contributed by atoms with Crippen molar-refractivity contribution < 1.29 is 4.79 Å². The standard InChI is InChI=1S/C17H19N5O/c1-11(2)5-15-17(23)22(10-19-15)16-4-3-12(6-13(16)7-18)14-8-20-21-9-14/h3-4,6,8-9,11,15,19H,5,10H2,1-2H3,(H,20,21). The van der Waals surface area contributed by atoms with Crippen LogP contribution in [0.25, 0.3) is 11.1 Å². The summed E-state index contributed by atoms with van der Waals surface area (Å²) in [6, 6.07) is 7.56. The van der Waals surface area contributed by atoms with E-state index in [1.54, 1.807) is 23.4 Å². The first-order chi connectivity index (χ1) is 11.1. The van der Waals surface area contributed by atoms with Crippen LogP contribution in [-0.4, -0.2) is 28.8 Å². The van der Waals surface area contributed by atoms with Crippen LogP contribution in [0.15, 0.2) is 30.6 Å². The van der Waals surface area contributed by atoms with Crippen LogP contribution in [0.4, 0.5) is 5.69 Å². The Morgan fingerprint density at radius 3 is 2.91 bits per heavy atom. The van der Waals surface area contributed by atoms with Crippen molar-refractivity contribution in [3.05, 3.63) is 36.2 Å². The number of aromatic amines is 1. The number of nitrogens with one attached hydrogen (secondary N) is 2. The maximum atomic E-state index is 12.6. The first-order valence-corrected chi connectivity index (χ1v) is 7.68. The lowest BCUT2D eigenvalue weighted by molar-refractivity contribution is -0.118. The van der Waals surface area contributed by atoms with Crippen molar-refractivity contribution in [2.24, 2.45) is 5.92 Å². The van der Waals surface area contributed by atoms with Gasteiger partial charge in [0.2, 0.25) is 5.91 Å². The van der Waals surface area contributed by atoms with Crippen molar-refractivity contribution in [3.63, 3.8) is 0 Å². The van der Waals surface area contributed by atoms with Crippen molar-refractivity contribution >= 4 is 11.6 Å². The molecular formula is C17H19N5O. The van der Waals surface area contributed by atoms with Gasteiger partial charge in [-0.05, 0) is 30.0 Å². The van der Waals surface area contributed by atoms with E-state index in [1.165, 1.54) is 0 Å². The minimum Gasteiger partial charge on any atom is -0.296 e. The highest BCUT2D eigenvalue weighted by atomic mass is 16.2. The van der Waals surface area contributed by atoms with Gasteiger partial charge in [0.25, 0.3) is 0 Å². The summed E-state index contributed by atoms with van der Waals surface area (Å²) in [4.78, 5) is 14.2. The topological polar surface area (TPSA) is 84.8 Å². The molecule has 1 aromatic heterocycles. The minimum atomic E-state index is -0.171. The molecule has 3 rings (SSSR count). The SMILES string of the molecule is CC(C)CC1NCN(c2ccc(-c3cn[nH]c3)cc2C#N)C1=O. The van der Waals surface area contributed by atoms with Crippen molar-refractivity contribution in [1.29, 1.82) is 5.26 Å². The predicted molar refractivity (Wildman–Crippen MR) is 87.5 cm³/mol. The van der Waals surface area contributed by atoms with E-state index in [4.69, 9.17) is 0 Å². The van der Waals surface area contributed by atoms with Gasteiger partial charge in [0, 0.05) is 11.8 Å². The summed E-state index contributed by atoms with van der Waals surface area (Å²) in [7, 11) is 0. The molecule has 1 amide bonds. The van der Waals surface area contributed by atoms with E-state index in [2.05, 4.69) is 35.4 Å². The number of nitriles is 1. The van der Waals surface area contributed by atoms with Crippen LogP contribution in [0.1, 0.15) is 25.8 Å². The molecule has 23 heavy (non-hydrogen) atoms. The predicted octanol–water partition coefficient (Wildman–Crippen LogP) is 2.26. The van der Waals surface area contributed by atoms with Crippen molar-refractivity contribution in [3.8, 4) is 17.2 Å². The highest BCUT2D eigenvalue weighted by Crippen LogP contribution is 2.29. The van der Waals surface area contributed by atoms with Gasteiger partial charge in [0.15, 0.2) is 0 Å². The fourth-order valence-electron chi connectivity index (χ4n) is 2.86. The van der Waals surface area contributed by atoms with Gasteiger partial charge in [0.05, 0.1) is 30.2 Å². The summed E-state index contributed by atoms with van der Waals surface area (Å²) in [5.41, 5.74) is 2.96. The Bertz CT molecular complexity index is 745. The zero-order valence-corrected chi connectivity index (χ0v) is 13.2. The number of anilines is 1. The Kier molecular flexibility index (Phi) is 4.13. The van der Waals surface area contributed by atoms with Crippen molar-refractivity contribution in [1.82, 2.24) is 15.5 Å². The molecule has 1 unspecified atom stereocenters. The van der Waals surface area contributed by atoms with Crippen LogP contribution in [-0.2, 0) is 4.79 Å². The van der Waals surface area contributed by atoms with Gasteiger partial charge in [-0.2, -0.15) is 10.4 Å². The van der Waals surface area contributed by atoms with E-state index < -0.39 is 0 Å². The second kappa shape index (κ2) is 6.23. The summed E-state index contributed by atoms with van der Waals surface area (Å²) >= 11 is 0. The Hall–Kier alpha value is -2.65. The first kappa shape index (κ1) is 15.3. The van der Waals surface area contributed by atoms with E-state index in [0.717, 1.165) is 17.5 Å². The smallest absolute Gasteiger partial charge is 0.245 e. The number of hydrogen-bond donors (Lipinski definition) is 2. The Balaban J connectivity index is 1.89. The van der Waals surface area contributed by atoms with Gasteiger partial charge in [-0.1, -0.05) is 19.9 Å². The van der Waals surface area contributed by atoms with Crippen molar-refractivity contribution in [2.75, 3.05) is 11.6 Å². The Morgan fingerprint density at radius 1 is 1.43 bits per heavy atom. The van der Waals surface area contributed by atoms with Gasteiger partial charge in [-0.3, -0.25) is 20.1 Å². The second-order valence-corrected chi connectivity index (χ2v) is 6.14. The largest absolute Gasteiger partial charge is 0.296 e. The van der Waals surface area contributed by atoms with Crippen LogP contribution in [0.5, 0.6) is 0 Å². The third-order valence-electron chi connectivity index (χ3n) is 4.01. The monoisotopic (exact) mass is 309 g/mol. The molecule has 1 saturated heterocycles. The van der Waals surface area contributed by atoms with Crippen LogP contribution >= 0.6 is 0 Å². The van der Waals surface area contributed by atoms with E-state index in [1.807, 2.05) is 12.1 Å². The number of nitrogens with zero attached hydrogens (tertiary/aromatic N) is 3. The molecule has 2 heterocycles. The molecule has 0 bridgehead atoms. The molecule has 6 heteroatoms. The molecule has 1 aliphatic rings. The van der Waals surface area contributed by atoms with Gasteiger partial charge < -0.3 is 0 Å². The lowest BCUT2D eigenvalue weighted by Crippen LogP contribution is -2.31. The van der Waals surface area contributed by atoms with Crippen LogP contribution in [0, 0.1) is 17.2 Å². The van der Waals surface area contributed by atoms with E-state index >= 15 is 0 Å². The van der Waals surface area contributed by atoms with E-state index in [-0.39, 0.29) is 11.9 Å². The number of aromatic nitrogens is 2. The minimum absolute atomic E-state index is 0.0336. The molecule has 2 aromatic rings. The molecule has 2 N–H and O–H groups in total. The summed E-state index contributed by atoms with van der Waals surface area (Å²) in [5.74, 6) is 0.474. The average Bonchev–Trinajstić information content (AvgIpc) is 3.18. The van der Waals surface area contributed by atoms with Crippen LogP contribution < -0.4 is 10.2 Å². The maximum absolute atomic E-state index is 12.6. The van der Waals surface area contributed by atoms with Gasteiger partial charge in [-0.15, -0.1) is 0 Å². The quantitative estimate of drug-likeness (QED) is 0.907. The molecule has 0 radical (unpaired) electrons. The molecule has 1 fully saturated rings. The van der Waals surface area contributed by atoms with Gasteiger partial charge >= 0.3 is 0 Å². The van der Waals surface area contributed by atoms with E-state index in [0.29, 0.717) is 23.8 Å². The molecule has 6 nitrogen and oxygen atoms in total. The third-order valence-corrected chi connectivity index (χ3v) is 4.01. The zero-order valence-electron chi connectivity index (χ0n) is 13.2. The number of H-pyrrole nitrogens is 1. The average molecular weight is 309 g/mol. The number of rotatable bonds is 4. The highest BCUT2D eigenvalue weighted by Gasteiger charge is 2.33. The van der Waals surface area contributed by atoms with Gasteiger partial charge in [0.1, 0.15) is 6.07 Å². The highest BCUT2D eigenvalue weighted by molar-refractivity contribution is 6.00. The summed E-state index contributed by atoms with van der Waals surface area (Å²) in [6.07, 6.45) is 4.28. The Labute approximate surface area is 135 Å². The summed E-state index contributed by atoms with van der Waals surface area (Å²) < 4.78 is 0. The Morgan fingerprint density at radius 2 is 2.26 bits per heavy atom.